The van der Waals surface area contributed by atoms with Crippen LogP contribution in [0.5, 0.6) is 0 Å². The van der Waals surface area contributed by atoms with Gasteiger partial charge >= 0.3 is 6.03 Å². The molecule has 5 heteroatoms. The van der Waals surface area contributed by atoms with Crippen LogP contribution in [0, 0.1) is 13.8 Å². The van der Waals surface area contributed by atoms with E-state index in [9.17, 15) is 4.79 Å². The number of nitrogens with zero attached hydrogens (tertiary/aromatic N) is 1. The summed E-state index contributed by atoms with van der Waals surface area (Å²) in [5, 5.41) is 6.09. The van der Waals surface area contributed by atoms with Crippen LogP contribution in [0.1, 0.15) is 17.0 Å². The summed E-state index contributed by atoms with van der Waals surface area (Å²) >= 11 is 6.07. The lowest BCUT2D eigenvalue weighted by molar-refractivity contribution is 0.251. The van der Waals surface area contributed by atoms with Crippen LogP contribution < -0.4 is 10.6 Å². The van der Waals surface area contributed by atoms with Crippen molar-refractivity contribution < 1.29 is 4.79 Å². The predicted molar refractivity (Wildman–Crippen MR) is 82.2 cm³/mol. The SMILES string of the molecule is Cc1ccc(NC(=O)NCc2ccc(C)n2C)c(Cl)c1. The molecule has 2 rings (SSSR count). The molecule has 0 spiro atoms. The average Bonchev–Trinajstić information content (AvgIpc) is 2.71. The molecule has 0 aliphatic heterocycles. The predicted octanol–water partition coefficient (Wildman–Crippen LogP) is 3.62. The summed E-state index contributed by atoms with van der Waals surface area (Å²) in [6.07, 6.45) is 0. The van der Waals surface area contributed by atoms with Crippen LogP contribution in [0.2, 0.25) is 5.02 Å². The van der Waals surface area contributed by atoms with E-state index in [-0.39, 0.29) is 6.03 Å². The van der Waals surface area contributed by atoms with E-state index >= 15 is 0 Å². The lowest BCUT2D eigenvalue weighted by atomic mass is 10.2. The fourth-order valence-electron chi connectivity index (χ4n) is 1.90. The van der Waals surface area contributed by atoms with Gasteiger partial charge in [0.15, 0.2) is 0 Å². The molecule has 0 saturated heterocycles. The zero-order chi connectivity index (χ0) is 14.7. The van der Waals surface area contributed by atoms with Crippen molar-refractivity contribution in [3.05, 3.63) is 52.3 Å². The van der Waals surface area contributed by atoms with E-state index in [0.29, 0.717) is 17.3 Å². The van der Waals surface area contributed by atoms with Gasteiger partial charge in [-0.15, -0.1) is 0 Å². The molecule has 1 aromatic heterocycles. The number of rotatable bonds is 3. The van der Waals surface area contributed by atoms with Gasteiger partial charge in [0.1, 0.15) is 0 Å². The second-order valence-electron chi connectivity index (χ2n) is 4.82. The van der Waals surface area contributed by atoms with Crippen LogP contribution in [-0.2, 0) is 13.6 Å². The van der Waals surface area contributed by atoms with Crippen molar-refractivity contribution >= 4 is 23.3 Å². The Morgan fingerprint density at radius 1 is 1.25 bits per heavy atom. The monoisotopic (exact) mass is 291 g/mol. The summed E-state index contributed by atoms with van der Waals surface area (Å²) in [5.41, 5.74) is 3.87. The first-order chi connectivity index (χ1) is 9.47. The summed E-state index contributed by atoms with van der Waals surface area (Å²) in [5.74, 6) is 0. The third kappa shape index (κ3) is 3.33. The largest absolute Gasteiger partial charge is 0.350 e. The Morgan fingerprint density at radius 3 is 2.60 bits per heavy atom. The van der Waals surface area contributed by atoms with E-state index < -0.39 is 0 Å². The van der Waals surface area contributed by atoms with Crippen molar-refractivity contribution in [3.8, 4) is 0 Å². The van der Waals surface area contributed by atoms with Gasteiger partial charge in [0.2, 0.25) is 0 Å². The highest BCUT2D eigenvalue weighted by molar-refractivity contribution is 6.33. The third-order valence-corrected chi connectivity index (χ3v) is 3.59. The number of carbonyl (C=O) groups is 1. The summed E-state index contributed by atoms with van der Waals surface area (Å²) in [6.45, 7) is 4.45. The Hall–Kier alpha value is -1.94. The molecular formula is C15H18ClN3O. The maximum absolute atomic E-state index is 11.9. The number of halogens is 1. The summed E-state index contributed by atoms with van der Waals surface area (Å²) in [4.78, 5) is 11.9. The van der Waals surface area contributed by atoms with Gasteiger partial charge in [-0.25, -0.2) is 4.79 Å². The zero-order valence-corrected chi connectivity index (χ0v) is 12.6. The number of amides is 2. The van der Waals surface area contributed by atoms with Gasteiger partial charge in [-0.05, 0) is 43.7 Å². The second-order valence-corrected chi connectivity index (χ2v) is 5.22. The molecule has 2 aromatic rings. The van der Waals surface area contributed by atoms with Gasteiger partial charge in [0.25, 0.3) is 0 Å². The fraction of sp³-hybridized carbons (Fsp3) is 0.267. The van der Waals surface area contributed by atoms with Crippen molar-refractivity contribution in [2.24, 2.45) is 7.05 Å². The minimum atomic E-state index is -0.269. The molecule has 106 valence electrons. The van der Waals surface area contributed by atoms with Crippen LogP contribution in [0.3, 0.4) is 0 Å². The Labute approximate surface area is 123 Å². The van der Waals surface area contributed by atoms with E-state index in [1.807, 2.05) is 49.7 Å². The van der Waals surface area contributed by atoms with Crippen molar-refractivity contribution in [1.82, 2.24) is 9.88 Å². The van der Waals surface area contributed by atoms with E-state index in [1.54, 1.807) is 6.07 Å². The number of aromatic nitrogens is 1. The maximum Gasteiger partial charge on any atom is 0.319 e. The summed E-state index contributed by atoms with van der Waals surface area (Å²) in [6, 6.07) is 9.26. The van der Waals surface area contributed by atoms with Gasteiger partial charge < -0.3 is 15.2 Å². The molecule has 2 N–H and O–H groups in total. The molecule has 0 aliphatic carbocycles. The first-order valence-electron chi connectivity index (χ1n) is 6.39. The summed E-state index contributed by atoms with van der Waals surface area (Å²) < 4.78 is 2.04. The standard InChI is InChI=1S/C15H18ClN3O/c1-10-4-7-14(13(16)8-10)18-15(20)17-9-12-6-5-11(2)19(12)3/h4-8H,9H2,1-3H3,(H2,17,18,20). The molecule has 0 bridgehead atoms. The Kier molecular flexibility index (Phi) is 4.35. The van der Waals surface area contributed by atoms with Crippen molar-refractivity contribution in [3.63, 3.8) is 0 Å². The molecule has 1 aromatic carbocycles. The lowest BCUT2D eigenvalue weighted by Gasteiger charge is -2.10. The minimum Gasteiger partial charge on any atom is -0.350 e. The van der Waals surface area contributed by atoms with Crippen molar-refractivity contribution in [2.75, 3.05) is 5.32 Å². The van der Waals surface area contributed by atoms with E-state index in [1.165, 1.54) is 0 Å². The molecule has 1 heterocycles. The lowest BCUT2D eigenvalue weighted by Crippen LogP contribution is -2.29. The number of nitrogens with one attached hydrogen (secondary N) is 2. The van der Waals surface area contributed by atoms with Gasteiger partial charge in [-0.1, -0.05) is 17.7 Å². The summed E-state index contributed by atoms with van der Waals surface area (Å²) in [7, 11) is 1.97. The molecule has 0 unspecified atom stereocenters. The second kappa shape index (κ2) is 6.01. The number of hydrogen-bond donors (Lipinski definition) is 2. The number of aryl methyl sites for hydroxylation is 2. The molecule has 4 nitrogen and oxygen atoms in total. The van der Waals surface area contributed by atoms with Crippen LogP contribution in [0.4, 0.5) is 10.5 Å². The smallest absolute Gasteiger partial charge is 0.319 e. The topological polar surface area (TPSA) is 46.1 Å². The van der Waals surface area contributed by atoms with Crippen LogP contribution in [-0.4, -0.2) is 10.6 Å². The molecule has 2 amide bonds. The Balaban J connectivity index is 1.94. The van der Waals surface area contributed by atoms with Crippen LogP contribution >= 0.6 is 11.6 Å². The number of benzene rings is 1. The molecule has 0 aliphatic rings. The molecule has 0 saturated carbocycles. The Bertz CT molecular complexity index is 634. The third-order valence-electron chi connectivity index (χ3n) is 3.28. The minimum absolute atomic E-state index is 0.269. The van der Waals surface area contributed by atoms with E-state index in [2.05, 4.69) is 10.6 Å². The molecule has 0 atom stereocenters. The highest BCUT2D eigenvalue weighted by Crippen LogP contribution is 2.22. The van der Waals surface area contributed by atoms with Crippen molar-refractivity contribution in [2.45, 2.75) is 20.4 Å². The van der Waals surface area contributed by atoms with Crippen molar-refractivity contribution in [1.29, 1.82) is 0 Å². The van der Waals surface area contributed by atoms with Crippen LogP contribution in [0.15, 0.2) is 30.3 Å². The number of urea groups is 1. The first kappa shape index (κ1) is 14.5. The number of carbonyl (C=O) groups excluding carboxylic acids is 1. The molecule has 0 fully saturated rings. The van der Waals surface area contributed by atoms with Gasteiger partial charge in [0.05, 0.1) is 17.3 Å². The molecule has 20 heavy (non-hydrogen) atoms. The quantitative estimate of drug-likeness (QED) is 0.891. The van der Waals surface area contributed by atoms with Crippen LogP contribution in [0.25, 0.3) is 0 Å². The van der Waals surface area contributed by atoms with Gasteiger partial charge in [-0.2, -0.15) is 0 Å². The number of hydrogen-bond acceptors (Lipinski definition) is 1. The molecular weight excluding hydrogens is 274 g/mol. The zero-order valence-electron chi connectivity index (χ0n) is 11.8. The molecule has 0 radical (unpaired) electrons. The average molecular weight is 292 g/mol. The highest BCUT2D eigenvalue weighted by Gasteiger charge is 2.07. The first-order valence-corrected chi connectivity index (χ1v) is 6.77. The van der Waals surface area contributed by atoms with E-state index in [0.717, 1.165) is 17.0 Å². The fourth-order valence-corrected chi connectivity index (χ4v) is 2.19. The van der Waals surface area contributed by atoms with E-state index in [4.69, 9.17) is 11.6 Å². The number of anilines is 1. The normalized spacial score (nSPS) is 10.4. The van der Waals surface area contributed by atoms with Gasteiger partial charge in [-0.3, -0.25) is 0 Å². The maximum atomic E-state index is 11.9. The van der Waals surface area contributed by atoms with Gasteiger partial charge in [0, 0.05) is 18.4 Å². The highest BCUT2D eigenvalue weighted by atomic mass is 35.5. The Morgan fingerprint density at radius 2 is 2.00 bits per heavy atom.